The first-order valence-corrected chi connectivity index (χ1v) is 14.0. The molecule has 4 nitrogen and oxygen atoms in total. The van der Waals surface area contributed by atoms with E-state index >= 15 is 0 Å². The second kappa shape index (κ2) is 16.8. The molecular weight excluding hydrogens is 638 g/mol. The predicted octanol–water partition coefficient (Wildman–Crippen LogP) is 8.70. The summed E-state index contributed by atoms with van der Waals surface area (Å²) in [4.78, 5) is 10.7. The van der Waals surface area contributed by atoms with Crippen LogP contribution in [0.5, 0.6) is 5.75 Å². The molecule has 0 aliphatic rings. The monoisotopic (exact) mass is 665 g/mol. The Labute approximate surface area is 253 Å². The maximum Gasteiger partial charge on any atom is 0.138 e. The Bertz CT molecular complexity index is 1300. The zero-order valence-corrected chi connectivity index (χ0v) is 25.4. The summed E-state index contributed by atoms with van der Waals surface area (Å²) in [6, 6.07) is 22.6. The van der Waals surface area contributed by atoms with Crippen molar-refractivity contribution in [1.82, 2.24) is 14.9 Å². The van der Waals surface area contributed by atoms with Gasteiger partial charge in [0.1, 0.15) is 12.4 Å². The summed E-state index contributed by atoms with van der Waals surface area (Å²) in [5.41, 5.74) is 4.44. The minimum atomic E-state index is 0. The molecular formula is C32H30Br2ClN3O. The van der Waals surface area contributed by atoms with Gasteiger partial charge >= 0.3 is 0 Å². The average molecular weight is 668 g/mol. The Kier molecular flexibility index (Phi) is 13.2. The lowest BCUT2D eigenvalue weighted by Crippen LogP contribution is -2.29. The summed E-state index contributed by atoms with van der Waals surface area (Å²) in [6.07, 6.45) is 19.9. The van der Waals surface area contributed by atoms with Crippen molar-refractivity contribution in [3.63, 3.8) is 0 Å². The molecule has 2 aromatic carbocycles. The maximum absolute atomic E-state index is 6.08. The van der Waals surface area contributed by atoms with Crippen molar-refractivity contribution in [1.29, 1.82) is 0 Å². The van der Waals surface area contributed by atoms with E-state index < -0.39 is 0 Å². The minimum Gasteiger partial charge on any atom is -0.491 e. The molecule has 39 heavy (non-hydrogen) atoms. The first-order valence-electron chi connectivity index (χ1n) is 12.4. The van der Waals surface area contributed by atoms with Crippen LogP contribution in [0, 0.1) is 0 Å². The number of hydrogen-bond donors (Lipinski definition) is 0. The number of aromatic nitrogens is 2. The van der Waals surface area contributed by atoms with Crippen LogP contribution in [0.15, 0.2) is 113 Å². The van der Waals surface area contributed by atoms with E-state index in [0.717, 1.165) is 45.5 Å². The minimum absolute atomic E-state index is 0. The van der Waals surface area contributed by atoms with Crippen molar-refractivity contribution in [3.05, 3.63) is 135 Å². The number of hydrogen-bond acceptors (Lipinski definition) is 4. The fourth-order valence-electron chi connectivity index (χ4n) is 3.65. The number of ether oxygens (including phenoxy) is 1. The van der Waals surface area contributed by atoms with Gasteiger partial charge in [0, 0.05) is 47.2 Å². The molecule has 2 aromatic heterocycles. The molecule has 4 rings (SSSR count). The fourth-order valence-corrected chi connectivity index (χ4v) is 4.17. The van der Waals surface area contributed by atoms with Crippen LogP contribution in [0.25, 0.3) is 24.3 Å². The van der Waals surface area contributed by atoms with Gasteiger partial charge in [0.2, 0.25) is 0 Å². The van der Waals surface area contributed by atoms with Gasteiger partial charge in [-0.3, -0.25) is 14.9 Å². The highest BCUT2D eigenvalue weighted by molar-refractivity contribution is 9.10. The third kappa shape index (κ3) is 11.3. The van der Waals surface area contributed by atoms with Crippen LogP contribution in [0.2, 0.25) is 0 Å². The summed E-state index contributed by atoms with van der Waals surface area (Å²) in [5.74, 6) is 0.762. The van der Waals surface area contributed by atoms with Crippen LogP contribution >= 0.6 is 44.3 Å². The zero-order chi connectivity index (χ0) is 26.4. The quantitative estimate of drug-likeness (QED) is 0.152. The molecule has 0 unspecified atom stereocenters. The van der Waals surface area contributed by atoms with E-state index in [1.165, 1.54) is 11.1 Å². The largest absolute Gasteiger partial charge is 0.491 e. The molecule has 0 bridgehead atoms. The topological polar surface area (TPSA) is 38.2 Å². The third-order valence-corrected chi connectivity index (χ3v) is 6.73. The molecule has 7 heteroatoms. The first kappa shape index (κ1) is 30.5. The van der Waals surface area contributed by atoms with Crippen LogP contribution in [0.4, 0.5) is 0 Å². The molecule has 0 amide bonds. The number of pyridine rings is 2. The van der Waals surface area contributed by atoms with Gasteiger partial charge < -0.3 is 4.74 Å². The highest BCUT2D eigenvalue weighted by Crippen LogP contribution is 2.15. The predicted molar refractivity (Wildman–Crippen MR) is 173 cm³/mol. The second-order valence-corrected chi connectivity index (χ2v) is 10.4. The maximum atomic E-state index is 6.08. The van der Waals surface area contributed by atoms with Gasteiger partial charge in [-0.15, -0.1) is 12.4 Å². The molecule has 4 aromatic rings. The SMILES string of the molecule is Brc1ccc(/C=C/CN(C/C=C/c2ccc(Br)cc2)CCOc2cncc(/C=C/c3ccncc3)c2)cc1.Cl. The van der Waals surface area contributed by atoms with Crippen LogP contribution < -0.4 is 4.74 Å². The normalized spacial score (nSPS) is 11.5. The van der Waals surface area contributed by atoms with Crippen molar-refractivity contribution >= 4 is 68.6 Å². The lowest BCUT2D eigenvalue weighted by atomic mass is 10.2. The molecule has 0 saturated heterocycles. The first-order chi connectivity index (χ1) is 18.6. The number of nitrogens with zero attached hydrogens (tertiary/aromatic N) is 3. The van der Waals surface area contributed by atoms with Gasteiger partial charge in [-0.25, -0.2) is 0 Å². The Morgan fingerprint density at radius 3 is 1.77 bits per heavy atom. The average Bonchev–Trinajstić information content (AvgIpc) is 2.94. The summed E-state index contributed by atoms with van der Waals surface area (Å²) < 4.78 is 8.24. The third-order valence-electron chi connectivity index (χ3n) is 5.67. The van der Waals surface area contributed by atoms with Crippen molar-refractivity contribution in [2.24, 2.45) is 0 Å². The molecule has 0 spiro atoms. The fraction of sp³-hybridized carbons (Fsp3) is 0.125. The van der Waals surface area contributed by atoms with E-state index in [4.69, 9.17) is 4.74 Å². The van der Waals surface area contributed by atoms with Crippen LogP contribution in [-0.4, -0.2) is 41.1 Å². The van der Waals surface area contributed by atoms with E-state index in [9.17, 15) is 0 Å². The number of halogens is 3. The van der Waals surface area contributed by atoms with Crippen LogP contribution in [0.1, 0.15) is 22.3 Å². The highest BCUT2D eigenvalue weighted by atomic mass is 79.9. The standard InChI is InChI=1S/C32H29Br2N3O.ClH/c33-30-11-7-26(8-12-30)3-1-19-37(20-2-4-27-9-13-31(34)14-10-27)21-22-38-32-23-29(24-36-25-32)6-5-28-15-17-35-18-16-28;/h1-18,23-25H,19-22H2;1H/b3-1+,4-2+,6-5+;. The Morgan fingerprint density at radius 1 is 0.641 bits per heavy atom. The zero-order valence-electron chi connectivity index (χ0n) is 21.4. The van der Waals surface area contributed by atoms with E-state index in [2.05, 4.69) is 120 Å². The number of benzene rings is 2. The van der Waals surface area contributed by atoms with Crippen LogP contribution in [-0.2, 0) is 0 Å². The van der Waals surface area contributed by atoms with Crippen molar-refractivity contribution in [3.8, 4) is 5.75 Å². The van der Waals surface area contributed by atoms with Gasteiger partial charge in [0.25, 0.3) is 0 Å². The van der Waals surface area contributed by atoms with Gasteiger partial charge in [-0.05, 0) is 64.7 Å². The molecule has 0 aliphatic heterocycles. The lowest BCUT2D eigenvalue weighted by molar-refractivity contribution is 0.236. The van der Waals surface area contributed by atoms with Gasteiger partial charge in [-0.2, -0.15) is 0 Å². The lowest BCUT2D eigenvalue weighted by Gasteiger charge is -2.19. The molecule has 0 N–H and O–H groups in total. The summed E-state index contributed by atoms with van der Waals surface area (Å²) in [7, 11) is 0. The summed E-state index contributed by atoms with van der Waals surface area (Å²) in [6.45, 7) is 2.98. The molecule has 0 radical (unpaired) electrons. The molecule has 200 valence electrons. The molecule has 0 aliphatic carbocycles. The van der Waals surface area contributed by atoms with E-state index in [0.29, 0.717) is 6.61 Å². The van der Waals surface area contributed by atoms with Crippen molar-refractivity contribution in [2.45, 2.75) is 0 Å². The molecule has 2 heterocycles. The molecule has 0 atom stereocenters. The Balaban J connectivity index is 0.00000420. The Morgan fingerprint density at radius 2 is 1.18 bits per heavy atom. The van der Waals surface area contributed by atoms with E-state index in [1.807, 2.05) is 36.5 Å². The molecule has 0 saturated carbocycles. The van der Waals surface area contributed by atoms with Crippen molar-refractivity contribution < 1.29 is 4.74 Å². The number of rotatable bonds is 12. The smallest absolute Gasteiger partial charge is 0.138 e. The van der Waals surface area contributed by atoms with Gasteiger partial charge in [0.05, 0.1) is 6.20 Å². The second-order valence-electron chi connectivity index (χ2n) is 8.58. The summed E-state index contributed by atoms with van der Waals surface area (Å²) in [5, 5.41) is 0. The van der Waals surface area contributed by atoms with Gasteiger partial charge in [0.15, 0.2) is 0 Å². The van der Waals surface area contributed by atoms with Crippen LogP contribution in [0.3, 0.4) is 0 Å². The highest BCUT2D eigenvalue weighted by Gasteiger charge is 2.03. The van der Waals surface area contributed by atoms with Gasteiger partial charge in [-0.1, -0.05) is 92.6 Å². The van der Waals surface area contributed by atoms with E-state index in [1.54, 1.807) is 18.6 Å². The van der Waals surface area contributed by atoms with Crippen molar-refractivity contribution in [2.75, 3.05) is 26.2 Å². The molecule has 0 fully saturated rings. The van der Waals surface area contributed by atoms with E-state index in [-0.39, 0.29) is 12.4 Å². The Hall–Kier alpha value is -3.03. The summed E-state index contributed by atoms with van der Waals surface area (Å²) >= 11 is 6.99.